The van der Waals surface area contributed by atoms with Crippen LogP contribution >= 0.6 is 0 Å². The number of rotatable bonds is 5. The van der Waals surface area contributed by atoms with Crippen molar-refractivity contribution in [3.8, 4) is 0 Å². The quantitative estimate of drug-likeness (QED) is 0.880. The summed E-state index contributed by atoms with van der Waals surface area (Å²) in [6, 6.07) is 0.0848. The molecule has 1 saturated heterocycles. The zero-order valence-corrected chi connectivity index (χ0v) is 13.9. The number of sulfonamides is 1. The predicted molar refractivity (Wildman–Crippen MR) is 79.4 cm³/mol. The predicted octanol–water partition coefficient (Wildman–Crippen LogP) is 1.27. The van der Waals surface area contributed by atoms with Crippen molar-refractivity contribution in [3.63, 3.8) is 0 Å². The number of hydrogen-bond donors (Lipinski definition) is 1. The van der Waals surface area contributed by atoms with Gasteiger partial charge >= 0.3 is 0 Å². The van der Waals surface area contributed by atoms with Crippen molar-refractivity contribution in [3.05, 3.63) is 11.7 Å². The van der Waals surface area contributed by atoms with Crippen molar-refractivity contribution in [1.29, 1.82) is 0 Å². The van der Waals surface area contributed by atoms with Crippen LogP contribution in [0.2, 0.25) is 0 Å². The Kier molecular flexibility index (Phi) is 5.00. The van der Waals surface area contributed by atoms with Gasteiger partial charge in [0.25, 0.3) is 0 Å². The first-order valence-electron chi connectivity index (χ1n) is 7.31. The molecule has 2 rings (SSSR count). The summed E-state index contributed by atoms with van der Waals surface area (Å²) in [6.45, 7) is 7.73. The lowest BCUT2D eigenvalue weighted by Crippen LogP contribution is -2.45. The smallest absolute Gasteiger partial charge is 0.243 e. The fourth-order valence-corrected chi connectivity index (χ4v) is 3.36. The van der Waals surface area contributed by atoms with Gasteiger partial charge in [0, 0.05) is 25.0 Å². The number of nitrogens with one attached hydrogen (secondary N) is 1. The Morgan fingerprint density at radius 1 is 1.29 bits per heavy atom. The van der Waals surface area contributed by atoms with Crippen LogP contribution in [0.1, 0.15) is 57.3 Å². The fraction of sp³-hybridized carbons (Fsp3) is 0.846. The molecular formula is C13H24N4O3S. The first-order valence-corrected chi connectivity index (χ1v) is 9.20. The third kappa shape index (κ3) is 4.49. The summed E-state index contributed by atoms with van der Waals surface area (Å²) >= 11 is 0. The van der Waals surface area contributed by atoms with Crippen LogP contribution < -0.4 is 4.72 Å². The van der Waals surface area contributed by atoms with Gasteiger partial charge in [0.15, 0.2) is 5.82 Å². The fourth-order valence-electron chi connectivity index (χ4n) is 2.51. The normalized spacial score (nSPS) is 20.0. The highest BCUT2D eigenvalue weighted by Crippen LogP contribution is 2.24. The Balaban J connectivity index is 1.92. The van der Waals surface area contributed by atoms with Gasteiger partial charge in [0.2, 0.25) is 15.9 Å². The number of likely N-dealkylation sites (tertiary alicyclic amines) is 1. The molecular weight excluding hydrogens is 292 g/mol. The van der Waals surface area contributed by atoms with E-state index < -0.39 is 10.0 Å². The van der Waals surface area contributed by atoms with Gasteiger partial charge in [-0.1, -0.05) is 19.0 Å². The van der Waals surface area contributed by atoms with Gasteiger partial charge < -0.3 is 4.52 Å². The molecule has 1 atom stereocenters. The molecule has 8 heteroatoms. The van der Waals surface area contributed by atoms with Crippen molar-refractivity contribution >= 4 is 10.0 Å². The molecule has 1 N–H and O–H groups in total. The summed E-state index contributed by atoms with van der Waals surface area (Å²) in [5, 5.41) is 3.99. The highest BCUT2D eigenvalue weighted by molar-refractivity contribution is 7.88. The minimum atomic E-state index is -3.13. The minimum absolute atomic E-state index is 0.0253. The minimum Gasteiger partial charge on any atom is -0.338 e. The maximum atomic E-state index is 11.2. The van der Waals surface area contributed by atoms with E-state index in [-0.39, 0.29) is 18.0 Å². The lowest BCUT2D eigenvalue weighted by atomic mass is 10.0. The number of nitrogens with zero attached hydrogens (tertiary/aromatic N) is 3. The van der Waals surface area contributed by atoms with Crippen LogP contribution in [0.5, 0.6) is 0 Å². The van der Waals surface area contributed by atoms with Gasteiger partial charge in [0.1, 0.15) is 0 Å². The van der Waals surface area contributed by atoms with Gasteiger partial charge in [0.05, 0.1) is 12.3 Å². The summed E-state index contributed by atoms with van der Waals surface area (Å²) in [4.78, 5) is 6.68. The summed E-state index contributed by atoms with van der Waals surface area (Å²) in [6.07, 6.45) is 2.79. The van der Waals surface area contributed by atoms with E-state index in [2.05, 4.69) is 19.8 Å². The van der Waals surface area contributed by atoms with Gasteiger partial charge in [-0.3, -0.25) is 4.90 Å². The zero-order chi connectivity index (χ0) is 15.6. The summed E-state index contributed by atoms with van der Waals surface area (Å²) in [5.41, 5.74) is 0. The largest absolute Gasteiger partial charge is 0.338 e. The molecule has 120 valence electrons. The molecule has 1 aliphatic rings. The molecule has 0 aliphatic carbocycles. The van der Waals surface area contributed by atoms with E-state index in [1.807, 2.05) is 20.8 Å². The van der Waals surface area contributed by atoms with Gasteiger partial charge in [-0.05, 0) is 19.8 Å². The molecule has 0 saturated carbocycles. The van der Waals surface area contributed by atoms with E-state index in [1.165, 1.54) is 6.26 Å². The zero-order valence-electron chi connectivity index (χ0n) is 13.0. The van der Waals surface area contributed by atoms with E-state index in [0.29, 0.717) is 5.89 Å². The number of hydrogen-bond acceptors (Lipinski definition) is 6. The van der Waals surface area contributed by atoms with E-state index >= 15 is 0 Å². The van der Waals surface area contributed by atoms with Crippen LogP contribution in [-0.4, -0.2) is 48.8 Å². The lowest BCUT2D eigenvalue weighted by Gasteiger charge is -2.34. The summed E-state index contributed by atoms with van der Waals surface area (Å²) < 4.78 is 30.5. The Hall–Kier alpha value is -0.990. The third-order valence-corrected chi connectivity index (χ3v) is 4.55. The molecule has 7 nitrogen and oxygen atoms in total. The van der Waals surface area contributed by atoms with Crippen LogP contribution in [0, 0.1) is 0 Å². The van der Waals surface area contributed by atoms with Crippen LogP contribution in [-0.2, 0) is 10.0 Å². The molecule has 21 heavy (non-hydrogen) atoms. The second kappa shape index (κ2) is 6.41. The van der Waals surface area contributed by atoms with E-state index in [4.69, 9.17) is 4.52 Å². The molecule has 0 unspecified atom stereocenters. The van der Waals surface area contributed by atoms with Crippen molar-refractivity contribution in [1.82, 2.24) is 19.8 Å². The molecule has 0 bridgehead atoms. The topological polar surface area (TPSA) is 88.3 Å². The second-order valence-corrected chi connectivity index (χ2v) is 7.80. The molecule has 0 aromatic carbocycles. The molecule has 1 aliphatic heterocycles. The van der Waals surface area contributed by atoms with Gasteiger partial charge in [-0.25, -0.2) is 13.1 Å². The van der Waals surface area contributed by atoms with E-state index in [1.54, 1.807) is 0 Å². The molecule has 0 amide bonds. The van der Waals surface area contributed by atoms with E-state index in [9.17, 15) is 8.42 Å². The number of piperidine rings is 1. The molecule has 1 aromatic rings. The van der Waals surface area contributed by atoms with Crippen molar-refractivity contribution in [2.45, 2.75) is 51.6 Å². The van der Waals surface area contributed by atoms with Gasteiger partial charge in [-0.2, -0.15) is 4.98 Å². The second-order valence-electron chi connectivity index (χ2n) is 6.02. The van der Waals surface area contributed by atoms with Crippen molar-refractivity contribution in [2.75, 3.05) is 19.3 Å². The monoisotopic (exact) mass is 316 g/mol. The first-order chi connectivity index (χ1) is 9.76. The average molecular weight is 316 g/mol. The highest BCUT2D eigenvalue weighted by atomic mass is 32.2. The maximum Gasteiger partial charge on any atom is 0.243 e. The first kappa shape index (κ1) is 16.4. The lowest BCUT2D eigenvalue weighted by molar-refractivity contribution is 0.134. The van der Waals surface area contributed by atoms with Crippen molar-refractivity contribution < 1.29 is 12.9 Å². The van der Waals surface area contributed by atoms with Crippen LogP contribution in [0.3, 0.4) is 0 Å². The SMILES string of the molecule is CC(C)c1noc([C@H](C)N2CCC(NS(C)(=O)=O)CC2)n1. The highest BCUT2D eigenvalue weighted by Gasteiger charge is 2.28. The van der Waals surface area contributed by atoms with E-state index in [0.717, 1.165) is 31.8 Å². The Morgan fingerprint density at radius 2 is 1.90 bits per heavy atom. The standard InChI is InChI=1S/C13H24N4O3S/c1-9(2)12-14-13(20-15-12)10(3)17-7-5-11(6-8-17)16-21(4,18)19/h9-11,16H,5-8H2,1-4H3/t10-/m0/s1. The molecule has 1 fully saturated rings. The van der Waals surface area contributed by atoms with Crippen LogP contribution in [0.15, 0.2) is 4.52 Å². The van der Waals surface area contributed by atoms with Crippen LogP contribution in [0.25, 0.3) is 0 Å². The molecule has 0 spiro atoms. The summed E-state index contributed by atoms with van der Waals surface area (Å²) in [5.74, 6) is 1.61. The van der Waals surface area contributed by atoms with Crippen LogP contribution in [0.4, 0.5) is 0 Å². The average Bonchev–Trinajstić information content (AvgIpc) is 2.86. The maximum absolute atomic E-state index is 11.2. The van der Waals surface area contributed by atoms with Gasteiger partial charge in [-0.15, -0.1) is 0 Å². The Morgan fingerprint density at radius 3 is 2.38 bits per heavy atom. The molecule has 1 aromatic heterocycles. The third-order valence-electron chi connectivity index (χ3n) is 3.79. The van der Waals surface area contributed by atoms with Crippen molar-refractivity contribution in [2.24, 2.45) is 0 Å². The summed E-state index contributed by atoms with van der Waals surface area (Å²) in [7, 11) is -3.13. The molecule has 2 heterocycles. The number of aromatic nitrogens is 2. The Bertz CT molecular complexity index is 562. The molecule has 0 radical (unpaired) electrons. The Labute approximate surface area is 126 Å².